The van der Waals surface area contributed by atoms with E-state index in [4.69, 9.17) is 5.26 Å². The third-order valence-corrected chi connectivity index (χ3v) is 3.07. The first kappa shape index (κ1) is 12.5. The van der Waals surface area contributed by atoms with Crippen molar-refractivity contribution >= 4 is 11.6 Å². The largest absolute Gasteiger partial charge is 0.323 e. The van der Waals surface area contributed by atoms with Crippen molar-refractivity contribution in [3.63, 3.8) is 0 Å². The number of anilines is 1. The molecule has 2 rings (SSSR count). The van der Waals surface area contributed by atoms with E-state index in [1.165, 1.54) is 12.1 Å². The number of halogens is 1. The van der Waals surface area contributed by atoms with E-state index in [0.29, 0.717) is 0 Å². The predicted octanol–water partition coefficient (Wildman–Crippen LogP) is 1.64. The maximum absolute atomic E-state index is 13.6. The molecule has 18 heavy (non-hydrogen) atoms. The van der Waals surface area contributed by atoms with Gasteiger partial charge in [0.25, 0.3) is 0 Å². The van der Waals surface area contributed by atoms with Gasteiger partial charge in [0.05, 0.1) is 17.3 Å². The van der Waals surface area contributed by atoms with Crippen molar-refractivity contribution in [2.24, 2.45) is 5.92 Å². The molecule has 0 radical (unpaired) electrons. The van der Waals surface area contributed by atoms with Crippen LogP contribution in [0.3, 0.4) is 0 Å². The second kappa shape index (κ2) is 5.61. The van der Waals surface area contributed by atoms with E-state index >= 15 is 0 Å². The summed E-state index contributed by atoms with van der Waals surface area (Å²) >= 11 is 0. The number of nitriles is 1. The van der Waals surface area contributed by atoms with E-state index in [2.05, 4.69) is 10.6 Å². The third-order valence-electron chi connectivity index (χ3n) is 3.07. The Hall–Kier alpha value is -1.93. The van der Waals surface area contributed by atoms with Gasteiger partial charge in [0, 0.05) is 5.92 Å². The number of carbonyl (C=O) groups is 1. The number of nitrogens with zero attached hydrogens (tertiary/aromatic N) is 1. The molecule has 1 aromatic rings. The van der Waals surface area contributed by atoms with E-state index in [1.807, 2.05) is 6.07 Å². The van der Waals surface area contributed by atoms with Crippen LogP contribution in [0.2, 0.25) is 0 Å². The van der Waals surface area contributed by atoms with Crippen molar-refractivity contribution in [1.29, 1.82) is 5.26 Å². The summed E-state index contributed by atoms with van der Waals surface area (Å²) in [7, 11) is 0. The first-order valence-corrected chi connectivity index (χ1v) is 5.92. The zero-order chi connectivity index (χ0) is 13.0. The number of piperidine rings is 1. The van der Waals surface area contributed by atoms with Gasteiger partial charge in [0.15, 0.2) is 0 Å². The zero-order valence-corrected chi connectivity index (χ0v) is 9.87. The highest BCUT2D eigenvalue weighted by atomic mass is 19.1. The van der Waals surface area contributed by atoms with Crippen LogP contribution in [-0.2, 0) is 4.79 Å². The predicted molar refractivity (Wildman–Crippen MR) is 65.3 cm³/mol. The normalized spacial score (nSPS) is 16.0. The number of hydrogen-bond acceptors (Lipinski definition) is 3. The van der Waals surface area contributed by atoms with Gasteiger partial charge in [-0.15, -0.1) is 0 Å². The quantitative estimate of drug-likeness (QED) is 0.835. The van der Waals surface area contributed by atoms with Crippen molar-refractivity contribution in [3.8, 4) is 6.07 Å². The molecular formula is C13H14FN3O. The summed E-state index contributed by atoms with van der Waals surface area (Å²) in [5.74, 6) is -0.794. The Morgan fingerprint density at radius 3 is 2.78 bits per heavy atom. The van der Waals surface area contributed by atoms with Gasteiger partial charge in [-0.1, -0.05) is 0 Å². The van der Waals surface area contributed by atoms with Gasteiger partial charge < -0.3 is 10.6 Å². The fourth-order valence-corrected chi connectivity index (χ4v) is 2.00. The molecule has 1 aliphatic rings. The molecule has 2 N–H and O–H groups in total. The van der Waals surface area contributed by atoms with E-state index in [0.717, 1.165) is 32.0 Å². The molecule has 0 spiro atoms. The second-order valence-corrected chi connectivity index (χ2v) is 4.32. The Bertz CT molecular complexity index is 489. The summed E-state index contributed by atoms with van der Waals surface area (Å²) in [4.78, 5) is 11.9. The molecule has 1 aliphatic heterocycles. The van der Waals surface area contributed by atoms with Gasteiger partial charge in [-0.2, -0.15) is 5.26 Å². The van der Waals surface area contributed by atoms with Crippen LogP contribution in [0, 0.1) is 23.1 Å². The van der Waals surface area contributed by atoms with Crippen LogP contribution in [0.4, 0.5) is 10.1 Å². The molecule has 0 saturated carbocycles. The summed E-state index contributed by atoms with van der Waals surface area (Å²) in [5.41, 5.74) is 0.380. The Labute approximate surface area is 105 Å². The van der Waals surface area contributed by atoms with Crippen molar-refractivity contribution < 1.29 is 9.18 Å². The molecule has 94 valence electrons. The lowest BCUT2D eigenvalue weighted by Gasteiger charge is -2.21. The minimum atomic E-state index is -0.573. The van der Waals surface area contributed by atoms with E-state index in [-0.39, 0.29) is 23.1 Å². The Morgan fingerprint density at radius 1 is 1.44 bits per heavy atom. The zero-order valence-electron chi connectivity index (χ0n) is 9.87. The average Bonchev–Trinajstić information content (AvgIpc) is 2.42. The molecule has 4 nitrogen and oxygen atoms in total. The van der Waals surface area contributed by atoms with Crippen molar-refractivity contribution in [3.05, 3.63) is 29.6 Å². The lowest BCUT2D eigenvalue weighted by molar-refractivity contribution is -0.120. The van der Waals surface area contributed by atoms with Crippen LogP contribution < -0.4 is 10.6 Å². The topological polar surface area (TPSA) is 64.9 Å². The Morgan fingerprint density at radius 2 is 2.17 bits per heavy atom. The van der Waals surface area contributed by atoms with Crippen LogP contribution in [0.5, 0.6) is 0 Å². The van der Waals surface area contributed by atoms with Crippen molar-refractivity contribution in [2.45, 2.75) is 12.8 Å². The standard InChI is InChI=1S/C13H14FN3O/c14-11-7-9(8-15)1-2-12(11)17-13(18)10-3-5-16-6-4-10/h1-2,7,10,16H,3-6H2,(H,17,18). The molecule has 1 aromatic carbocycles. The summed E-state index contributed by atoms with van der Waals surface area (Å²) < 4.78 is 13.6. The van der Waals surface area contributed by atoms with Crippen LogP contribution >= 0.6 is 0 Å². The highest BCUT2D eigenvalue weighted by Crippen LogP contribution is 2.19. The van der Waals surface area contributed by atoms with Crippen LogP contribution in [-0.4, -0.2) is 19.0 Å². The second-order valence-electron chi connectivity index (χ2n) is 4.32. The highest BCUT2D eigenvalue weighted by Gasteiger charge is 2.21. The van der Waals surface area contributed by atoms with Gasteiger partial charge in [-0.3, -0.25) is 4.79 Å². The highest BCUT2D eigenvalue weighted by molar-refractivity contribution is 5.92. The smallest absolute Gasteiger partial charge is 0.227 e. The van der Waals surface area contributed by atoms with Crippen LogP contribution in [0.25, 0.3) is 0 Å². The van der Waals surface area contributed by atoms with E-state index < -0.39 is 5.82 Å². The maximum Gasteiger partial charge on any atom is 0.227 e. The number of nitrogens with one attached hydrogen (secondary N) is 2. The fraction of sp³-hybridized carbons (Fsp3) is 0.385. The molecule has 0 atom stereocenters. The van der Waals surface area contributed by atoms with Crippen LogP contribution in [0.1, 0.15) is 18.4 Å². The minimum Gasteiger partial charge on any atom is -0.323 e. The minimum absolute atomic E-state index is 0.0682. The number of amides is 1. The Balaban J connectivity index is 2.04. The average molecular weight is 247 g/mol. The molecule has 1 fully saturated rings. The number of rotatable bonds is 2. The van der Waals surface area contributed by atoms with Crippen molar-refractivity contribution in [2.75, 3.05) is 18.4 Å². The number of carbonyl (C=O) groups excluding carboxylic acids is 1. The molecular weight excluding hydrogens is 233 g/mol. The first-order chi connectivity index (χ1) is 8.70. The fourth-order valence-electron chi connectivity index (χ4n) is 2.00. The molecule has 0 aliphatic carbocycles. The molecule has 1 amide bonds. The molecule has 1 heterocycles. The molecule has 1 saturated heterocycles. The number of benzene rings is 1. The van der Waals surface area contributed by atoms with Gasteiger partial charge in [-0.25, -0.2) is 4.39 Å². The van der Waals surface area contributed by atoms with Gasteiger partial charge in [0.2, 0.25) is 5.91 Å². The third kappa shape index (κ3) is 2.84. The van der Waals surface area contributed by atoms with Crippen molar-refractivity contribution in [1.82, 2.24) is 5.32 Å². The summed E-state index contributed by atoms with van der Waals surface area (Å²) in [6, 6.07) is 5.88. The van der Waals surface area contributed by atoms with E-state index in [9.17, 15) is 9.18 Å². The lowest BCUT2D eigenvalue weighted by atomic mass is 9.97. The van der Waals surface area contributed by atoms with Gasteiger partial charge in [0.1, 0.15) is 5.82 Å². The molecule has 0 unspecified atom stereocenters. The monoisotopic (exact) mass is 247 g/mol. The maximum atomic E-state index is 13.6. The van der Waals surface area contributed by atoms with E-state index in [1.54, 1.807) is 0 Å². The van der Waals surface area contributed by atoms with Gasteiger partial charge in [-0.05, 0) is 44.1 Å². The summed E-state index contributed by atoms with van der Waals surface area (Å²) in [6.45, 7) is 1.63. The van der Waals surface area contributed by atoms with Gasteiger partial charge >= 0.3 is 0 Å². The SMILES string of the molecule is N#Cc1ccc(NC(=O)C2CCNCC2)c(F)c1. The first-order valence-electron chi connectivity index (χ1n) is 5.92. The summed E-state index contributed by atoms with van der Waals surface area (Å²) in [6.07, 6.45) is 1.54. The number of hydrogen-bond donors (Lipinski definition) is 2. The molecule has 0 aromatic heterocycles. The lowest BCUT2D eigenvalue weighted by Crippen LogP contribution is -2.34. The Kier molecular flexibility index (Phi) is 3.90. The molecule has 5 heteroatoms. The summed E-state index contributed by atoms with van der Waals surface area (Å²) in [5, 5.41) is 14.4. The van der Waals surface area contributed by atoms with Crippen LogP contribution in [0.15, 0.2) is 18.2 Å². The molecule has 0 bridgehead atoms.